The van der Waals surface area contributed by atoms with Crippen LogP contribution in [0.2, 0.25) is 0 Å². The van der Waals surface area contributed by atoms with Crippen LogP contribution in [0.3, 0.4) is 0 Å². The molecule has 0 aromatic rings. The van der Waals surface area contributed by atoms with Gasteiger partial charge in [-0.05, 0) is 84.4 Å². The summed E-state index contributed by atoms with van der Waals surface area (Å²) >= 11 is 0. The van der Waals surface area contributed by atoms with Crippen molar-refractivity contribution in [1.82, 2.24) is 0 Å². The molecular formula is C32H45NO3. The van der Waals surface area contributed by atoms with Gasteiger partial charge in [0.25, 0.3) is 0 Å². The fourth-order valence-electron chi connectivity index (χ4n) is 11.3. The van der Waals surface area contributed by atoms with Crippen LogP contribution in [-0.4, -0.2) is 24.3 Å². The van der Waals surface area contributed by atoms with Gasteiger partial charge in [0.05, 0.1) is 19.3 Å². The van der Waals surface area contributed by atoms with Crippen LogP contribution in [0.1, 0.15) is 99.8 Å². The molecule has 196 valence electrons. The molecule has 0 bridgehead atoms. The Balaban J connectivity index is 1.47. The van der Waals surface area contributed by atoms with Gasteiger partial charge in [-0.25, -0.2) is 4.85 Å². The molecule has 1 saturated heterocycles. The zero-order valence-corrected chi connectivity index (χ0v) is 23.5. The summed E-state index contributed by atoms with van der Waals surface area (Å²) in [6.45, 7) is 24.8. The summed E-state index contributed by atoms with van der Waals surface area (Å²) in [5, 5.41) is 0. The number of carbonyl (C=O) groups is 2. The molecule has 0 spiro atoms. The van der Waals surface area contributed by atoms with Crippen molar-refractivity contribution in [3.8, 4) is 0 Å². The summed E-state index contributed by atoms with van der Waals surface area (Å²) in [5.74, 6) is 1.29. The lowest BCUT2D eigenvalue weighted by Crippen LogP contribution is -2.69. The van der Waals surface area contributed by atoms with Gasteiger partial charge in [-0.1, -0.05) is 54.5 Å². The molecule has 4 nitrogen and oxygen atoms in total. The van der Waals surface area contributed by atoms with E-state index in [0.29, 0.717) is 29.9 Å². The zero-order chi connectivity index (χ0) is 26.1. The van der Waals surface area contributed by atoms with Crippen molar-refractivity contribution < 1.29 is 14.3 Å². The first kappa shape index (κ1) is 24.8. The van der Waals surface area contributed by atoms with E-state index in [1.165, 1.54) is 19.3 Å². The van der Waals surface area contributed by atoms with Gasteiger partial charge in [-0.2, -0.15) is 0 Å². The summed E-state index contributed by atoms with van der Waals surface area (Å²) in [7, 11) is 0. The smallest absolute Gasteiger partial charge is 0.226 e. The van der Waals surface area contributed by atoms with Crippen LogP contribution < -0.4 is 0 Å². The Morgan fingerprint density at radius 1 is 0.917 bits per heavy atom. The lowest BCUT2D eigenvalue weighted by atomic mass is 9.31. The van der Waals surface area contributed by atoms with Crippen LogP contribution in [-0.2, 0) is 14.3 Å². The molecule has 0 amide bonds. The van der Waals surface area contributed by atoms with Gasteiger partial charge >= 0.3 is 0 Å². The zero-order valence-electron chi connectivity index (χ0n) is 23.5. The fraction of sp³-hybridized carbons (Fsp3) is 0.844. The second-order valence-corrected chi connectivity index (χ2v) is 15.7. The maximum atomic E-state index is 14.5. The van der Waals surface area contributed by atoms with Crippen LogP contribution in [0.25, 0.3) is 4.85 Å². The number of allylic oxidation sites excluding steroid dienone is 2. The number of fused-ring (bicyclic) bond motifs is 7. The van der Waals surface area contributed by atoms with Crippen LogP contribution in [0.5, 0.6) is 0 Å². The molecule has 1 unspecified atom stereocenters. The molecule has 1 heterocycles. The van der Waals surface area contributed by atoms with Gasteiger partial charge in [0, 0.05) is 23.2 Å². The average molecular weight is 492 g/mol. The molecule has 5 fully saturated rings. The monoisotopic (exact) mass is 491 g/mol. The van der Waals surface area contributed by atoms with Gasteiger partial charge in [0.15, 0.2) is 5.78 Å². The molecule has 5 aliphatic carbocycles. The summed E-state index contributed by atoms with van der Waals surface area (Å²) in [5.41, 5.74) is -0.187. The maximum absolute atomic E-state index is 14.5. The third-order valence-electron chi connectivity index (χ3n) is 13.5. The maximum Gasteiger partial charge on any atom is 0.226 e. The molecule has 9 atom stereocenters. The topological polar surface area (TPSA) is 51.0 Å². The highest BCUT2D eigenvalue weighted by Gasteiger charge is 2.73. The standard InChI is InChI=1S/C32H45NO3/c1-27(2)11-13-32(24-18-36-24)14-12-31(7)25(19(32)16-27)21(34)15-23-29(5)17-20(33-8)26(35)28(3,4)22(29)9-10-30(23,31)6/h17,19,22-25H,9-16,18H2,1-7H3/t19-,22-,23+,24?,25-,29-,30+,31+,32-/m0/s1. The minimum atomic E-state index is -0.566. The van der Waals surface area contributed by atoms with Crippen molar-refractivity contribution in [3.63, 3.8) is 0 Å². The number of epoxide rings is 1. The fourth-order valence-corrected chi connectivity index (χ4v) is 11.3. The number of Topliss-reactive ketones (excluding diaryl/α,β-unsaturated/α-hetero) is 2. The molecule has 1 aliphatic heterocycles. The molecule has 6 aliphatic rings. The van der Waals surface area contributed by atoms with E-state index >= 15 is 0 Å². The quantitative estimate of drug-likeness (QED) is 0.292. The first-order valence-electron chi connectivity index (χ1n) is 14.5. The summed E-state index contributed by atoms with van der Waals surface area (Å²) in [6, 6.07) is 0. The van der Waals surface area contributed by atoms with Gasteiger partial charge in [-0.3, -0.25) is 4.79 Å². The SMILES string of the molecule is [C-]#[N+]C1=C[C@]2(C)[C@H]3CC(=O)[C@@H]4[C@@H]5CC(C)(C)CC[C@]5(C5CO5)CC[C@@]4(C)[C@]3(C)CC[C@H]2C(C)(C)C1=O. The number of hydrogen-bond donors (Lipinski definition) is 0. The first-order valence-corrected chi connectivity index (χ1v) is 14.5. The van der Waals surface area contributed by atoms with Crippen molar-refractivity contribution in [1.29, 1.82) is 0 Å². The Hall–Kier alpha value is -1.47. The lowest BCUT2D eigenvalue weighted by Gasteiger charge is -2.72. The number of hydrogen-bond acceptors (Lipinski definition) is 3. The molecule has 0 aromatic carbocycles. The van der Waals surface area contributed by atoms with Gasteiger partial charge in [0.2, 0.25) is 5.70 Å². The number of rotatable bonds is 1. The van der Waals surface area contributed by atoms with E-state index in [2.05, 4.69) is 39.5 Å². The van der Waals surface area contributed by atoms with E-state index in [9.17, 15) is 9.59 Å². The largest absolute Gasteiger partial charge is 0.373 e. The molecule has 36 heavy (non-hydrogen) atoms. The van der Waals surface area contributed by atoms with Gasteiger partial charge < -0.3 is 9.53 Å². The summed E-state index contributed by atoms with van der Waals surface area (Å²) < 4.78 is 6.02. The van der Waals surface area contributed by atoms with Crippen molar-refractivity contribution in [2.45, 2.75) is 106 Å². The van der Waals surface area contributed by atoms with Crippen molar-refractivity contribution in [2.24, 2.45) is 56.2 Å². The normalized spacial score (nSPS) is 52.6. The van der Waals surface area contributed by atoms with Crippen molar-refractivity contribution >= 4 is 11.6 Å². The molecule has 0 radical (unpaired) electrons. The third kappa shape index (κ3) is 2.85. The van der Waals surface area contributed by atoms with E-state index in [4.69, 9.17) is 11.3 Å². The summed E-state index contributed by atoms with van der Waals surface area (Å²) in [6.07, 6.45) is 10.8. The van der Waals surface area contributed by atoms with Crippen LogP contribution in [0, 0.1) is 62.7 Å². The molecule has 0 aromatic heterocycles. The Labute approximate surface area is 217 Å². The number of carbonyl (C=O) groups excluding carboxylic acids is 2. The van der Waals surface area contributed by atoms with Crippen molar-refractivity contribution in [2.75, 3.05) is 6.61 Å². The second-order valence-electron chi connectivity index (χ2n) is 15.7. The molecule has 0 N–H and O–H groups in total. The Morgan fingerprint density at radius 3 is 2.22 bits per heavy atom. The van der Waals surface area contributed by atoms with Crippen LogP contribution in [0.15, 0.2) is 11.8 Å². The van der Waals surface area contributed by atoms with E-state index in [1.807, 2.05) is 19.9 Å². The minimum absolute atomic E-state index is 0.00822. The Bertz CT molecular complexity index is 1110. The number of ether oxygens (including phenoxy) is 1. The first-order chi connectivity index (χ1) is 16.7. The Kier molecular flexibility index (Phi) is 4.92. The van der Waals surface area contributed by atoms with E-state index in [1.54, 1.807) is 0 Å². The highest BCUT2D eigenvalue weighted by Crippen LogP contribution is 2.76. The van der Waals surface area contributed by atoms with Crippen molar-refractivity contribution in [3.05, 3.63) is 23.2 Å². The molecule has 4 heteroatoms. The van der Waals surface area contributed by atoms with E-state index in [0.717, 1.165) is 32.3 Å². The molecule has 4 saturated carbocycles. The molecular weight excluding hydrogens is 446 g/mol. The second kappa shape index (κ2) is 7.13. The lowest BCUT2D eigenvalue weighted by molar-refractivity contribution is -0.224. The number of ketones is 2. The third-order valence-corrected chi connectivity index (χ3v) is 13.5. The van der Waals surface area contributed by atoms with Crippen LogP contribution in [0.4, 0.5) is 0 Å². The Morgan fingerprint density at radius 2 is 1.58 bits per heavy atom. The van der Waals surface area contributed by atoms with Crippen LogP contribution >= 0.6 is 0 Å². The summed E-state index contributed by atoms with van der Waals surface area (Å²) in [4.78, 5) is 31.4. The van der Waals surface area contributed by atoms with Gasteiger partial charge in [-0.15, -0.1) is 0 Å². The predicted octanol–water partition coefficient (Wildman–Crippen LogP) is 7.04. The van der Waals surface area contributed by atoms with E-state index < -0.39 is 5.41 Å². The average Bonchev–Trinajstić information content (AvgIpc) is 3.63. The highest BCUT2D eigenvalue weighted by molar-refractivity contribution is 6.02. The predicted molar refractivity (Wildman–Crippen MR) is 140 cm³/mol. The highest BCUT2D eigenvalue weighted by atomic mass is 16.6. The number of nitrogens with zero attached hydrogens (tertiary/aromatic N) is 1. The minimum Gasteiger partial charge on any atom is -0.373 e. The van der Waals surface area contributed by atoms with Gasteiger partial charge in [0.1, 0.15) is 5.78 Å². The molecule has 6 rings (SSSR count). The van der Waals surface area contributed by atoms with E-state index in [-0.39, 0.29) is 50.6 Å².